The molecule has 2 aromatic rings. The minimum atomic E-state index is -0.628. The van der Waals surface area contributed by atoms with Gasteiger partial charge in [0.15, 0.2) is 0 Å². The quantitative estimate of drug-likeness (QED) is 0.567. The molecular weight excluding hydrogens is 380 g/mol. The van der Waals surface area contributed by atoms with Crippen LogP contribution in [0.25, 0.3) is 0 Å². The van der Waals surface area contributed by atoms with Crippen molar-refractivity contribution in [3.63, 3.8) is 0 Å². The summed E-state index contributed by atoms with van der Waals surface area (Å²) in [5, 5.41) is 11.3. The Morgan fingerprint density at radius 3 is 2.07 bits per heavy atom. The van der Waals surface area contributed by atoms with E-state index in [2.05, 4.69) is 5.32 Å². The number of nitriles is 1. The van der Waals surface area contributed by atoms with E-state index >= 15 is 0 Å². The van der Waals surface area contributed by atoms with Crippen molar-refractivity contribution >= 4 is 11.8 Å². The maximum Gasteiger partial charge on any atom is 0.412 e. The minimum Gasteiger partial charge on any atom is -0.443 e. The van der Waals surface area contributed by atoms with Crippen molar-refractivity contribution in [1.29, 1.82) is 5.26 Å². The molecule has 0 spiro atoms. The van der Waals surface area contributed by atoms with Crippen molar-refractivity contribution in [1.82, 2.24) is 0 Å². The van der Waals surface area contributed by atoms with Crippen molar-refractivity contribution in [2.24, 2.45) is 0 Å². The first-order chi connectivity index (χ1) is 14.1. The highest BCUT2D eigenvalue weighted by Crippen LogP contribution is 2.20. The second kappa shape index (κ2) is 10.1. The number of anilines is 1. The minimum absolute atomic E-state index is 0.216. The molecule has 2 rings (SSSR count). The lowest BCUT2D eigenvalue weighted by molar-refractivity contribution is -0.0380. The molecule has 0 fully saturated rings. The molecule has 30 heavy (non-hydrogen) atoms. The van der Waals surface area contributed by atoms with Crippen molar-refractivity contribution in [3.05, 3.63) is 59.7 Å². The third-order valence-corrected chi connectivity index (χ3v) is 4.30. The van der Waals surface area contributed by atoms with Gasteiger partial charge in [-0.1, -0.05) is 24.3 Å². The Balaban J connectivity index is 1.84. The predicted octanol–water partition coefficient (Wildman–Crippen LogP) is 5.67. The Labute approximate surface area is 178 Å². The molecule has 0 bridgehead atoms. The molecule has 0 aliphatic carbocycles. The van der Waals surface area contributed by atoms with Crippen molar-refractivity contribution in [3.8, 4) is 12.0 Å². The second-order valence-corrected chi connectivity index (χ2v) is 8.70. The van der Waals surface area contributed by atoms with Gasteiger partial charge < -0.3 is 14.2 Å². The van der Waals surface area contributed by atoms with E-state index in [1.807, 2.05) is 71.0 Å². The molecule has 0 aliphatic rings. The SMILES string of the molecule is CC(C)(C)OCCC(C)(C)OC(=O)Nc1ccc(Cc2ccc(OC#N)cc2)cc1. The number of amides is 1. The number of nitrogens with zero attached hydrogens (tertiary/aromatic N) is 1. The topological polar surface area (TPSA) is 80.6 Å². The van der Waals surface area contributed by atoms with Crippen LogP contribution in [0.15, 0.2) is 48.5 Å². The molecule has 1 N–H and O–H groups in total. The van der Waals surface area contributed by atoms with Gasteiger partial charge in [0.05, 0.1) is 12.2 Å². The fourth-order valence-electron chi connectivity index (χ4n) is 2.72. The Morgan fingerprint density at radius 2 is 1.53 bits per heavy atom. The third-order valence-electron chi connectivity index (χ3n) is 4.30. The smallest absolute Gasteiger partial charge is 0.412 e. The van der Waals surface area contributed by atoms with Crippen LogP contribution in [0.5, 0.6) is 5.75 Å². The number of rotatable bonds is 8. The van der Waals surface area contributed by atoms with Gasteiger partial charge in [-0.25, -0.2) is 4.79 Å². The number of carbonyl (C=O) groups excluding carboxylic acids is 1. The summed E-state index contributed by atoms with van der Waals surface area (Å²) in [4.78, 5) is 12.2. The van der Waals surface area contributed by atoms with Crippen LogP contribution >= 0.6 is 0 Å². The van der Waals surface area contributed by atoms with Crippen LogP contribution < -0.4 is 10.1 Å². The fraction of sp³-hybridized carbons (Fsp3) is 0.417. The molecule has 2 aromatic carbocycles. The molecule has 0 saturated carbocycles. The maximum absolute atomic E-state index is 12.2. The Morgan fingerprint density at radius 1 is 0.967 bits per heavy atom. The number of benzene rings is 2. The highest BCUT2D eigenvalue weighted by Gasteiger charge is 2.24. The lowest BCUT2D eigenvalue weighted by atomic mass is 10.0. The Kier molecular flexibility index (Phi) is 7.85. The van der Waals surface area contributed by atoms with Gasteiger partial charge in [0, 0.05) is 12.1 Å². The maximum atomic E-state index is 12.2. The van der Waals surface area contributed by atoms with Crippen LogP contribution in [0.2, 0.25) is 0 Å². The third kappa shape index (κ3) is 8.54. The van der Waals surface area contributed by atoms with Gasteiger partial charge in [-0.15, -0.1) is 5.26 Å². The molecule has 0 radical (unpaired) electrons. The van der Waals surface area contributed by atoms with Crippen molar-refractivity contribution in [2.75, 3.05) is 11.9 Å². The highest BCUT2D eigenvalue weighted by molar-refractivity contribution is 5.84. The number of hydrogen-bond acceptors (Lipinski definition) is 5. The zero-order chi connectivity index (χ0) is 22.2. The lowest BCUT2D eigenvalue weighted by Crippen LogP contribution is -2.33. The molecule has 0 unspecified atom stereocenters. The summed E-state index contributed by atoms with van der Waals surface area (Å²) < 4.78 is 16.0. The molecular formula is C24H30N2O4. The number of ether oxygens (including phenoxy) is 3. The van der Waals surface area contributed by atoms with E-state index in [-0.39, 0.29) is 5.60 Å². The molecule has 0 saturated heterocycles. The van der Waals surface area contributed by atoms with Crippen LogP contribution in [-0.4, -0.2) is 23.9 Å². The van der Waals surface area contributed by atoms with E-state index in [4.69, 9.17) is 19.5 Å². The summed E-state index contributed by atoms with van der Waals surface area (Å²) in [6.07, 6.45) is 2.50. The summed E-state index contributed by atoms with van der Waals surface area (Å²) >= 11 is 0. The molecule has 0 aromatic heterocycles. The van der Waals surface area contributed by atoms with E-state index in [0.717, 1.165) is 17.5 Å². The number of hydrogen-bond donors (Lipinski definition) is 1. The summed E-state index contributed by atoms with van der Waals surface area (Å²) in [6.45, 7) is 10.2. The average Bonchev–Trinajstić information content (AvgIpc) is 2.63. The van der Waals surface area contributed by atoms with E-state index in [9.17, 15) is 4.79 Å². The summed E-state index contributed by atoms with van der Waals surface area (Å²) in [7, 11) is 0. The van der Waals surface area contributed by atoms with Gasteiger partial charge in [-0.05, 0) is 76.4 Å². The predicted molar refractivity (Wildman–Crippen MR) is 116 cm³/mol. The lowest BCUT2D eigenvalue weighted by Gasteiger charge is -2.27. The molecule has 1 amide bonds. The monoisotopic (exact) mass is 410 g/mol. The van der Waals surface area contributed by atoms with Crippen LogP contribution in [0.4, 0.5) is 10.5 Å². The molecule has 0 aliphatic heterocycles. The van der Waals surface area contributed by atoms with Crippen LogP contribution in [0.1, 0.15) is 52.2 Å². The second-order valence-electron chi connectivity index (χ2n) is 8.70. The van der Waals surface area contributed by atoms with Crippen molar-refractivity contribution in [2.45, 2.75) is 58.7 Å². The van der Waals surface area contributed by atoms with E-state index in [1.54, 1.807) is 18.4 Å². The first-order valence-electron chi connectivity index (χ1n) is 9.94. The van der Waals surface area contributed by atoms with Gasteiger partial charge in [-0.3, -0.25) is 5.32 Å². The van der Waals surface area contributed by atoms with Crippen LogP contribution in [-0.2, 0) is 15.9 Å². The van der Waals surface area contributed by atoms with Gasteiger partial charge in [0.2, 0.25) is 0 Å². The Hall–Kier alpha value is -3.04. The first-order valence-corrected chi connectivity index (χ1v) is 9.94. The zero-order valence-electron chi connectivity index (χ0n) is 18.3. The fourth-order valence-corrected chi connectivity index (χ4v) is 2.72. The number of nitrogens with one attached hydrogen (secondary N) is 1. The van der Waals surface area contributed by atoms with Crippen molar-refractivity contribution < 1.29 is 19.0 Å². The van der Waals surface area contributed by atoms with Crippen LogP contribution in [0.3, 0.4) is 0 Å². The van der Waals surface area contributed by atoms with Gasteiger partial charge >= 0.3 is 6.09 Å². The van der Waals surface area contributed by atoms with Gasteiger partial charge in [0.1, 0.15) is 11.4 Å². The molecule has 6 nitrogen and oxygen atoms in total. The summed E-state index contributed by atoms with van der Waals surface area (Å²) in [5.41, 5.74) is 2.02. The van der Waals surface area contributed by atoms with Gasteiger partial charge in [-0.2, -0.15) is 0 Å². The Bertz CT molecular complexity index is 860. The van der Waals surface area contributed by atoms with E-state index in [0.29, 0.717) is 24.5 Å². The van der Waals surface area contributed by atoms with Gasteiger partial charge in [0.25, 0.3) is 6.26 Å². The molecule has 0 atom stereocenters. The largest absolute Gasteiger partial charge is 0.443 e. The van der Waals surface area contributed by atoms with Crippen LogP contribution in [0, 0.1) is 11.5 Å². The zero-order valence-corrected chi connectivity index (χ0v) is 18.3. The summed E-state index contributed by atoms with van der Waals surface area (Å²) in [6, 6.07) is 15.0. The standard InChI is InChI=1S/C24H30N2O4/c1-23(2,3)29-15-14-24(4,5)30-22(27)26-20-10-6-18(7-11-20)16-19-8-12-21(13-9-19)28-17-25/h6-13H,14-16H2,1-5H3,(H,26,27). The average molecular weight is 411 g/mol. The van der Waals surface area contributed by atoms with E-state index < -0.39 is 11.7 Å². The number of carbonyl (C=O) groups is 1. The van der Waals surface area contributed by atoms with E-state index in [1.165, 1.54) is 0 Å². The normalized spacial score (nSPS) is 11.5. The highest BCUT2D eigenvalue weighted by atomic mass is 16.6. The first kappa shape index (κ1) is 23.2. The molecule has 6 heteroatoms. The summed E-state index contributed by atoms with van der Waals surface area (Å²) in [5.74, 6) is 0.521. The molecule has 160 valence electrons. The molecule has 0 heterocycles.